The van der Waals surface area contributed by atoms with Crippen molar-refractivity contribution in [3.63, 3.8) is 0 Å². The number of Topliss-reactive ketones (excluding diaryl/α,β-unsaturated/α-hetero) is 1. The Hall–Kier alpha value is -2.40. The van der Waals surface area contributed by atoms with Crippen molar-refractivity contribution in [2.24, 2.45) is 23.7 Å². The molecule has 2 N–H and O–H groups in total. The van der Waals surface area contributed by atoms with Gasteiger partial charge >= 0.3 is 5.97 Å². The number of nitrogens with one attached hydrogen (secondary N) is 1. The Bertz CT molecular complexity index is 1030. The SMILES string of the molecule is CC(=O)C[C@H](C)[C@H]1C(=O)N2C(C(=O)O)=C(S[C@@H]3CN[C@H](C(=O)N4CC[C@H](CC(=O)N(C)C)C4)C3)[C@H](C)[C@H]12. The molecule has 0 bridgehead atoms. The van der Waals surface area contributed by atoms with E-state index in [1.165, 1.54) is 23.6 Å². The van der Waals surface area contributed by atoms with Crippen LogP contribution in [0.15, 0.2) is 10.6 Å². The van der Waals surface area contributed by atoms with Gasteiger partial charge in [0.05, 0.1) is 18.0 Å². The van der Waals surface area contributed by atoms with Crippen molar-refractivity contribution in [2.75, 3.05) is 33.7 Å². The molecule has 4 aliphatic rings. The summed E-state index contributed by atoms with van der Waals surface area (Å²) < 4.78 is 0. The fourth-order valence-corrected chi connectivity index (χ4v) is 7.84. The molecule has 4 aliphatic heterocycles. The van der Waals surface area contributed by atoms with Gasteiger partial charge < -0.3 is 29.9 Å². The van der Waals surface area contributed by atoms with E-state index in [4.69, 9.17) is 0 Å². The molecule has 4 rings (SSSR count). The third-order valence-corrected chi connectivity index (χ3v) is 9.77. The zero-order chi connectivity index (χ0) is 27.2. The second-order valence-electron chi connectivity index (χ2n) is 11.3. The number of fused-ring (bicyclic) bond motifs is 1. The van der Waals surface area contributed by atoms with Crippen LogP contribution in [0.3, 0.4) is 0 Å². The zero-order valence-electron chi connectivity index (χ0n) is 22.2. The van der Waals surface area contributed by atoms with Gasteiger partial charge in [-0.05, 0) is 31.6 Å². The molecule has 0 aromatic heterocycles. The maximum atomic E-state index is 13.2. The van der Waals surface area contributed by atoms with Gasteiger partial charge in [-0.2, -0.15) is 0 Å². The second kappa shape index (κ2) is 10.8. The molecule has 10 nitrogen and oxygen atoms in total. The largest absolute Gasteiger partial charge is 0.477 e. The molecule has 0 aromatic rings. The highest BCUT2D eigenvalue weighted by Crippen LogP contribution is 2.53. The van der Waals surface area contributed by atoms with Crippen LogP contribution in [0.4, 0.5) is 0 Å². The number of likely N-dealkylation sites (tertiary alicyclic amines) is 1. The van der Waals surface area contributed by atoms with Crippen molar-refractivity contribution in [1.29, 1.82) is 0 Å². The number of carbonyl (C=O) groups is 5. The first-order valence-corrected chi connectivity index (χ1v) is 14.0. The highest BCUT2D eigenvalue weighted by atomic mass is 32.2. The maximum absolute atomic E-state index is 13.2. The molecule has 204 valence electrons. The Balaban J connectivity index is 1.38. The second-order valence-corrected chi connectivity index (χ2v) is 12.6. The van der Waals surface area contributed by atoms with Crippen LogP contribution in [0.5, 0.6) is 0 Å². The van der Waals surface area contributed by atoms with Gasteiger partial charge in [0.25, 0.3) is 0 Å². The number of rotatable bonds is 9. The van der Waals surface area contributed by atoms with E-state index in [1.807, 2.05) is 18.7 Å². The molecule has 11 heteroatoms. The van der Waals surface area contributed by atoms with E-state index in [0.29, 0.717) is 43.8 Å². The predicted molar refractivity (Wildman–Crippen MR) is 138 cm³/mol. The number of amides is 3. The van der Waals surface area contributed by atoms with E-state index in [9.17, 15) is 29.1 Å². The lowest BCUT2D eigenvalue weighted by molar-refractivity contribution is -0.160. The Morgan fingerprint density at radius 1 is 1.24 bits per heavy atom. The van der Waals surface area contributed by atoms with Crippen LogP contribution in [-0.4, -0.2) is 100 Å². The minimum Gasteiger partial charge on any atom is -0.477 e. The van der Waals surface area contributed by atoms with Crippen LogP contribution in [0, 0.1) is 23.7 Å². The number of thioether (sulfide) groups is 1. The average Bonchev–Trinajstić information content (AvgIpc) is 3.52. The molecule has 0 spiro atoms. The van der Waals surface area contributed by atoms with E-state index in [-0.39, 0.29) is 70.2 Å². The van der Waals surface area contributed by atoms with Crippen LogP contribution >= 0.6 is 11.8 Å². The fourth-order valence-electron chi connectivity index (χ4n) is 6.36. The number of β-lactam (4-membered cyclic amide) rings is 1. The van der Waals surface area contributed by atoms with Crippen LogP contribution in [0.2, 0.25) is 0 Å². The van der Waals surface area contributed by atoms with Gasteiger partial charge in [0.15, 0.2) is 0 Å². The Kier molecular flexibility index (Phi) is 8.04. The minimum atomic E-state index is -1.11. The van der Waals surface area contributed by atoms with Crippen molar-refractivity contribution in [3.05, 3.63) is 10.6 Å². The molecule has 37 heavy (non-hydrogen) atoms. The summed E-state index contributed by atoms with van der Waals surface area (Å²) >= 11 is 1.47. The standard InChI is InChI=1S/C26H38N4O6S/c1-13(8-14(2)31)20-21-15(3)23(22(26(35)36)30(21)25(20)34)37-17-10-18(27-11-17)24(33)29-7-6-16(12-29)9-19(32)28(4)5/h13,15-18,20-21,27H,6-12H2,1-5H3,(H,35,36)/t13-,15+,16+,17-,18-,20+,21+/m0/s1. The first-order valence-electron chi connectivity index (χ1n) is 13.1. The van der Waals surface area contributed by atoms with Crippen molar-refractivity contribution >= 4 is 41.2 Å². The minimum absolute atomic E-state index is 0.0105. The highest BCUT2D eigenvalue weighted by Gasteiger charge is 2.60. The highest BCUT2D eigenvalue weighted by molar-refractivity contribution is 8.03. The van der Waals surface area contributed by atoms with E-state index in [1.54, 1.807) is 19.0 Å². The maximum Gasteiger partial charge on any atom is 0.353 e. The molecule has 0 radical (unpaired) electrons. The van der Waals surface area contributed by atoms with E-state index < -0.39 is 5.97 Å². The summed E-state index contributed by atoms with van der Waals surface area (Å²) in [7, 11) is 3.48. The van der Waals surface area contributed by atoms with Crippen LogP contribution in [0.25, 0.3) is 0 Å². The summed E-state index contributed by atoms with van der Waals surface area (Å²) in [6, 6.07) is -0.581. The van der Waals surface area contributed by atoms with Crippen molar-refractivity contribution in [3.8, 4) is 0 Å². The van der Waals surface area contributed by atoms with Gasteiger partial charge in [-0.15, -0.1) is 11.8 Å². The first-order chi connectivity index (χ1) is 17.4. The first kappa shape index (κ1) is 27.6. The molecule has 3 fully saturated rings. The number of aliphatic carboxylic acids is 1. The van der Waals surface area contributed by atoms with Crippen LogP contribution < -0.4 is 5.32 Å². The van der Waals surface area contributed by atoms with Crippen LogP contribution in [0.1, 0.15) is 46.5 Å². The summed E-state index contributed by atoms with van der Waals surface area (Å²) in [6.45, 7) is 7.15. The number of carbonyl (C=O) groups excluding carboxylic acids is 4. The van der Waals surface area contributed by atoms with E-state index in [0.717, 1.165) is 6.42 Å². The normalized spacial score (nSPS) is 31.9. The molecule has 0 saturated carbocycles. The molecular weight excluding hydrogens is 496 g/mol. The van der Waals surface area contributed by atoms with Crippen molar-refractivity contribution < 1.29 is 29.1 Å². The molecule has 4 heterocycles. The van der Waals surface area contributed by atoms with Gasteiger partial charge in [-0.3, -0.25) is 14.4 Å². The molecule has 3 saturated heterocycles. The summed E-state index contributed by atoms with van der Waals surface area (Å²) in [4.78, 5) is 67.5. The third kappa shape index (κ3) is 5.30. The number of hydrogen-bond acceptors (Lipinski definition) is 7. The van der Waals surface area contributed by atoms with Crippen molar-refractivity contribution in [1.82, 2.24) is 20.0 Å². The topological polar surface area (TPSA) is 127 Å². The quantitative estimate of drug-likeness (QED) is 0.422. The smallest absolute Gasteiger partial charge is 0.353 e. The number of hydrogen-bond donors (Lipinski definition) is 2. The number of nitrogens with zero attached hydrogens (tertiary/aromatic N) is 3. The zero-order valence-corrected chi connectivity index (χ0v) is 23.0. The molecule has 7 atom stereocenters. The predicted octanol–water partition coefficient (Wildman–Crippen LogP) is 1.17. The van der Waals surface area contributed by atoms with Gasteiger partial charge in [0, 0.05) is 62.6 Å². The summed E-state index contributed by atoms with van der Waals surface area (Å²) in [5, 5.41) is 13.3. The number of ketones is 1. The third-order valence-electron chi connectivity index (χ3n) is 8.26. The molecule has 3 amide bonds. The van der Waals surface area contributed by atoms with E-state index in [2.05, 4.69) is 5.32 Å². The lowest BCUT2D eigenvalue weighted by Gasteiger charge is -2.47. The van der Waals surface area contributed by atoms with Gasteiger partial charge in [-0.1, -0.05) is 13.8 Å². The van der Waals surface area contributed by atoms with Gasteiger partial charge in [0.1, 0.15) is 11.5 Å². The van der Waals surface area contributed by atoms with Crippen LogP contribution in [-0.2, 0) is 24.0 Å². The Morgan fingerprint density at radius 3 is 2.57 bits per heavy atom. The summed E-state index contributed by atoms with van der Waals surface area (Å²) in [5.41, 5.74) is 0.0569. The fraction of sp³-hybridized carbons (Fsp3) is 0.731. The Morgan fingerprint density at radius 2 is 1.95 bits per heavy atom. The molecule has 0 unspecified atom stereocenters. The lowest BCUT2D eigenvalue weighted by Crippen LogP contribution is -2.62. The molecular formula is C26H38N4O6S. The summed E-state index contributed by atoms with van der Waals surface area (Å²) in [6.07, 6.45) is 2.14. The van der Waals surface area contributed by atoms with E-state index >= 15 is 0 Å². The van der Waals surface area contributed by atoms with Gasteiger partial charge in [0.2, 0.25) is 17.7 Å². The average molecular weight is 535 g/mol. The molecule has 0 aromatic carbocycles. The van der Waals surface area contributed by atoms with Crippen molar-refractivity contribution in [2.45, 2.75) is 63.8 Å². The number of carboxylic acid groups (broad SMARTS) is 1. The molecule has 0 aliphatic carbocycles. The van der Waals surface area contributed by atoms with Gasteiger partial charge in [-0.25, -0.2) is 4.79 Å². The lowest BCUT2D eigenvalue weighted by atomic mass is 9.73. The monoisotopic (exact) mass is 534 g/mol. The summed E-state index contributed by atoms with van der Waals surface area (Å²) in [5.74, 6) is -1.66. The Labute approximate surface area is 222 Å². The number of carboxylic acids is 1.